The van der Waals surface area contributed by atoms with Crippen molar-refractivity contribution in [1.29, 1.82) is 0 Å². The van der Waals surface area contributed by atoms with Gasteiger partial charge in [-0.3, -0.25) is 10.1 Å². The Labute approximate surface area is 203 Å². The van der Waals surface area contributed by atoms with E-state index in [0.717, 1.165) is 46.8 Å². The zero-order valence-electron chi connectivity index (χ0n) is 19.3. The number of aryl methyl sites for hydroxylation is 1. The summed E-state index contributed by atoms with van der Waals surface area (Å²) in [5.74, 6) is 2.24. The third-order valence-corrected chi connectivity index (χ3v) is 7.84. The number of aromatic nitrogens is 5. The Bertz CT molecular complexity index is 1260. The molecule has 2 bridgehead atoms. The molecule has 4 aromatic heterocycles. The first-order valence-corrected chi connectivity index (χ1v) is 13.0. The summed E-state index contributed by atoms with van der Waals surface area (Å²) in [6, 6.07) is 11.1. The van der Waals surface area contributed by atoms with E-state index in [0.29, 0.717) is 18.0 Å². The largest absolute Gasteiger partial charge is 0.351 e. The van der Waals surface area contributed by atoms with Crippen LogP contribution in [0.1, 0.15) is 49.9 Å². The number of thiophene rings is 1. The maximum atomic E-state index is 4.85. The highest BCUT2D eigenvalue weighted by Crippen LogP contribution is 2.38. The average molecular weight is 475 g/mol. The molecule has 3 aliphatic rings. The highest BCUT2D eigenvalue weighted by Gasteiger charge is 2.44. The van der Waals surface area contributed by atoms with Crippen LogP contribution in [0.3, 0.4) is 0 Å². The second kappa shape index (κ2) is 8.96. The minimum absolute atomic E-state index is 0.207. The van der Waals surface area contributed by atoms with Gasteiger partial charge in [0.2, 0.25) is 5.95 Å². The van der Waals surface area contributed by atoms with Gasteiger partial charge in [0.1, 0.15) is 10.6 Å². The summed E-state index contributed by atoms with van der Waals surface area (Å²) in [5, 5.41) is 21.3. The number of H-pyrrole nitrogens is 1. The summed E-state index contributed by atoms with van der Waals surface area (Å²) in [5.41, 5.74) is 2.40. The Balaban J connectivity index is 1.16. The highest BCUT2D eigenvalue weighted by atomic mass is 32.1. The van der Waals surface area contributed by atoms with Gasteiger partial charge in [0.15, 0.2) is 5.82 Å². The molecule has 0 radical (unpaired) electrons. The predicted octanol–water partition coefficient (Wildman–Crippen LogP) is 4.95. The third kappa shape index (κ3) is 4.50. The molecule has 3 unspecified atom stereocenters. The van der Waals surface area contributed by atoms with Crippen LogP contribution in [0.5, 0.6) is 0 Å². The summed E-state index contributed by atoms with van der Waals surface area (Å²) < 4.78 is 0. The summed E-state index contributed by atoms with van der Waals surface area (Å²) in [4.78, 5) is 15.2. The zero-order chi connectivity index (χ0) is 23.0. The van der Waals surface area contributed by atoms with E-state index in [1.165, 1.54) is 31.4 Å². The number of hydrogen-bond acceptors (Lipinski definition) is 8. The first-order valence-electron chi connectivity index (χ1n) is 12.1. The lowest BCUT2D eigenvalue weighted by Crippen LogP contribution is -2.65. The van der Waals surface area contributed by atoms with E-state index in [1.54, 1.807) is 11.3 Å². The molecular weight excluding hydrogens is 444 g/mol. The molecule has 3 atom stereocenters. The fraction of sp³-hybridized carbons (Fsp3) is 0.440. The van der Waals surface area contributed by atoms with Crippen molar-refractivity contribution < 1.29 is 0 Å². The van der Waals surface area contributed by atoms with Crippen LogP contribution >= 0.6 is 11.3 Å². The predicted molar refractivity (Wildman–Crippen MR) is 137 cm³/mol. The lowest BCUT2D eigenvalue weighted by Gasteiger charge is -2.50. The lowest BCUT2D eigenvalue weighted by molar-refractivity contribution is 0.116. The molecule has 8 nitrogen and oxygen atoms in total. The molecule has 1 aliphatic carbocycles. The Hall–Kier alpha value is -3.04. The maximum Gasteiger partial charge on any atom is 0.226 e. The van der Waals surface area contributed by atoms with E-state index in [4.69, 9.17) is 9.97 Å². The van der Waals surface area contributed by atoms with Crippen molar-refractivity contribution in [3.8, 4) is 0 Å². The molecule has 176 valence electrons. The van der Waals surface area contributed by atoms with Crippen molar-refractivity contribution in [3.63, 3.8) is 0 Å². The smallest absolute Gasteiger partial charge is 0.226 e. The van der Waals surface area contributed by atoms with Crippen LogP contribution in [0, 0.1) is 6.92 Å². The minimum Gasteiger partial charge on any atom is -0.351 e. The lowest BCUT2D eigenvalue weighted by atomic mass is 9.74. The fourth-order valence-corrected chi connectivity index (χ4v) is 6.27. The van der Waals surface area contributed by atoms with Crippen LogP contribution in [-0.2, 0) is 6.42 Å². The van der Waals surface area contributed by atoms with E-state index in [1.807, 2.05) is 25.3 Å². The molecule has 1 saturated carbocycles. The van der Waals surface area contributed by atoms with E-state index >= 15 is 0 Å². The number of aromatic amines is 1. The van der Waals surface area contributed by atoms with Gasteiger partial charge in [0.05, 0.1) is 5.39 Å². The van der Waals surface area contributed by atoms with Gasteiger partial charge in [-0.05, 0) is 56.2 Å². The second-order valence-electron chi connectivity index (χ2n) is 9.74. The van der Waals surface area contributed by atoms with E-state index in [-0.39, 0.29) is 5.54 Å². The van der Waals surface area contributed by atoms with Crippen LogP contribution in [0.25, 0.3) is 10.2 Å². The van der Waals surface area contributed by atoms with Crippen LogP contribution in [-0.4, -0.2) is 42.8 Å². The van der Waals surface area contributed by atoms with Gasteiger partial charge in [0.25, 0.3) is 0 Å². The van der Waals surface area contributed by atoms with Crippen LogP contribution < -0.4 is 16.0 Å². The molecule has 0 amide bonds. The number of anilines is 3. The van der Waals surface area contributed by atoms with Gasteiger partial charge in [-0.25, -0.2) is 4.98 Å². The molecule has 4 aromatic rings. The number of hydrogen-bond donors (Lipinski definition) is 4. The average Bonchev–Trinajstić information content (AvgIpc) is 3.46. The standard InChI is InChI=1S/C25H30N8S/c1-16-12-21(33-32-16)28-22-20-8-11-34-23(20)30-24(29-22)27-17-6-2-4-9-25(15-19(13-17)31-25)14-18-7-3-5-10-26-18/h3,5,7-8,10-12,17,19,31H,2,4,6,9,13-15H2,1H3,(H3,27,28,29,30,32,33). The molecule has 2 aliphatic heterocycles. The molecule has 2 saturated heterocycles. The molecule has 34 heavy (non-hydrogen) atoms. The van der Waals surface area contributed by atoms with E-state index in [2.05, 4.69) is 54.7 Å². The normalized spacial score (nSPS) is 24.6. The Morgan fingerprint density at radius 3 is 2.97 bits per heavy atom. The summed E-state index contributed by atoms with van der Waals surface area (Å²) in [6.45, 7) is 1.99. The number of nitrogens with zero attached hydrogens (tertiary/aromatic N) is 4. The van der Waals surface area contributed by atoms with Crippen LogP contribution in [0.15, 0.2) is 41.9 Å². The van der Waals surface area contributed by atoms with Gasteiger partial charge in [-0.15, -0.1) is 11.3 Å². The Morgan fingerprint density at radius 2 is 2.15 bits per heavy atom. The number of pyridine rings is 1. The third-order valence-electron chi connectivity index (χ3n) is 7.03. The number of rotatable bonds is 6. The molecule has 7 rings (SSSR count). The number of nitrogens with one attached hydrogen (secondary N) is 4. The van der Waals surface area contributed by atoms with Gasteiger partial charge in [0, 0.05) is 47.7 Å². The highest BCUT2D eigenvalue weighted by molar-refractivity contribution is 7.16. The van der Waals surface area contributed by atoms with E-state index < -0.39 is 0 Å². The SMILES string of the molecule is Cc1cc(Nc2nc(NC3CCCCC4(Cc5ccccn5)CC(C3)N4)nc3sccc23)n[nH]1. The van der Waals surface area contributed by atoms with Crippen molar-refractivity contribution in [1.82, 2.24) is 30.5 Å². The van der Waals surface area contributed by atoms with Crippen molar-refractivity contribution in [3.05, 3.63) is 53.3 Å². The van der Waals surface area contributed by atoms with Crippen molar-refractivity contribution in [2.24, 2.45) is 0 Å². The van der Waals surface area contributed by atoms with Gasteiger partial charge < -0.3 is 16.0 Å². The zero-order valence-corrected chi connectivity index (χ0v) is 20.2. The molecule has 4 N–H and O–H groups in total. The van der Waals surface area contributed by atoms with Crippen LogP contribution in [0.2, 0.25) is 0 Å². The summed E-state index contributed by atoms with van der Waals surface area (Å²) in [7, 11) is 0. The minimum atomic E-state index is 0.207. The second-order valence-corrected chi connectivity index (χ2v) is 10.6. The number of fused-ring (bicyclic) bond motifs is 6. The first-order chi connectivity index (χ1) is 16.6. The van der Waals surface area contributed by atoms with Crippen molar-refractivity contribution in [2.75, 3.05) is 10.6 Å². The topological polar surface area (TPSA) is 103 Å². The summed E-state index contributed by atoms with van der Waals surface area (Å²) in [6.07, 6.45) is 9.97. The molecular formula is C25H30N8S. The van der Waals surface area contributed by atoms with Crippen molar-refractivity contribution in [2.45, 2.75) is 69.5 Å². The molecule has 6 heterocycles. The van der Waals surface area contributed by atoms with Gasteiger partial charge in [-0.1, -0.05) is 18.9 Å². The first kappa shape index (κ1) is 21.5. The molecule has 3 fully saturated rings. The van der Waals surface area contributed by atoms with Gasteiger partial charge in [-0.2, -0.15) is 10.1 Å². The molecule has 0 aromatic carbocycles. The van der Waals surface area contributed by atoms with Crippen molar-refractivity contribution >= 4 is 39.1 Å². The Morgan fingerprint density at radius 1 is 1.21 bits per heavy atom. The monoisotopic (exact) mass is 474 g/mol. The fourth-order valence-electron chi connectivity index (χ4n) is 5.51. The van der Waals surface area contributed by atoms with Crippen LogP contribution in [0.4, 0.5) is 17.6 Å². The maximum absolute atomic E-state index is 4.85. The quantitative estimate of drug-likeness (QED) is 0.313. The molecule has 9 heteroatoms. The van der Waals surface area contributed by atoms with E-state index in [9.17, 15) is 0 Å². The van der Waals surface area contributed by atoms with Gasteiger partial charge >= 0.3 is 0 Å². The summed E-state index contributed by atoms with van der Waals surface area (Å²) >= 11 is 1.64. The molecule has 0 spiro atoms. The Kier molecular flexibility index (Phi) is 5.66.